The molecule has 1 heterocycles. The number of carboxylic acids is 1. The maximum absolute atomic E-state index is 12.5. The fourth-order valence-corrected chi connectivity index (χ4v) is 3.60. The number of hydrogen-bond donors (Lipinski definition) is 2. The van der Waals surface area contributed by atoms with Crippen LogP contribution in [0.15, 0.2) is 47.4 Å². The molecule has 1 aliphatic heterocycles. The molecule has 0 saturated carbocycles. The van der Waals surface area contributed by atoms with E-state index >= 15 is 0 Å². The van der Waals surface area contributed by atoms with Crippen molar-refractivity contribution in [1.29, 1.82) is 0 Å². The molecule has 26 heavy (non-hydrogen) atoms. The topological polar surface area (TPSA) is 102 Å². The second-order valence-electron chi connectivity index (χ2n) is 5.32. The molecular weight excluding hydrogens is 382 g/mol. The SMILES string of the molecule is O=C(O)C=Cc1ccc(S(=O)(=O)Nc2cc3c(cc2Cl)OCCO3)cc1. The number of benzene rings is 2. The van der Waals surface area contributed by atoms with Gasteiger partial charge >= 0.3 is 5.97 Å². The van der Waals surface area contributed by atoms with Crippen LogP contribution in [0.1, 0.15) is 5.56 Å². The van der Waals surface area contributed by atoms with E-state index in [-0.39, 0.29) is 15.6 Å². The molecule has 9 heteroatoms. The van der Waals surface area contributed by atoms with E-state index in [0.717, 1.165) is 6.08 Å². The molecule has 2 N–H and O–H groups in total. The highest BCUT2D eigenvalue weighted by molar-refractivity contribution is 7.92. The molecule has 0 unspecified atom stereocenters. The van der Waals surface area contributed by atoms with Crippen LogP contribution >= 0.6 is 11.6 Å². The summed E-state index contributed by atoms with van der Waals surface area (Å²) in [4.78, 5) is 10.5. The number of halogens is 1. The molecule has 0 radical (unpaired) electrons. The molecule has 3 rings (SSSR count). The van der Waals surface area contributed by atoms with Gasteiger partial charge in [0.15, 0.2) is 11.5 Å². The normalized spacial score (nSPS) is 13.6. The van der Waals surface area contributed by atoms with Crippen LogP contribution in [0.4, 0.5) is 5.69 Å². The molecule has 136 valence electrons. The number of aliphatic carboxylic acids is 1. The third kappa shape index (κ3) is 4.09. The maximum atomic E-state index is 12.5. The van der Waals surface area contributed by atoms with E-state index in [1.807, 2.05) is 0 Å². The van der Waals surface area contributed by atoms with E-state index in [0.29, 0.717) is 30.3 Å². The summed E-state index contributed by atoms with van der Waals surface area (Å²) >= 11 is 6.12. The Hall–Kier alpha value is -2.71. The lowest BCUT2D eigenvalue weighted by Gasteiger charge is -2.20. The van der Waals surface area contributed by atoms with Crippen LogP contribution in [0.2, 0.25) is 5.02 Å². The zero-order chi connectivity index (χ0) is 18.7. The fraction of sp³-hybridized carbons (Fsp3) is 0.118. The molecule has 2 aromatic carbocycles. The molecule has 0 fully saturated rings. The lowest BCUT2D eigenvalue weighted by Crippen LogP contribution is -2.17. The number of hydrogen-bond acceptors (Lipinski definition) is 5. The van der Waals surface area contributed by atoms with Crippen LogP contribution in [-0.4, -0.2) is 32.7 Å². The first-order valence-electron chi connectivity index (χ1n) is 7.48. The van der Waals surface area contributed by atoms with Crippen molar-refractivity contribution in [3.05, 3.63) is 53.1 Å². The van der Waals surface area contributed by atoms with Crippen molar-refractivity contribution in [2.75, 3.05) is 17.9 Å². The molecule has 0 amide bonds. The van der Waals surface area contributed by atoms with Crippen molar-refractivity contribution in [3.8, 4) is 11.5 Å². The van der Waals surface area contributed by atoms with E-state index in [2.05, 4.69) is 4.72 Å². The first-order valence-corrected chi connectivity index (χ1v) is 9.34. The Morgan fingerprint density at radius 1 is 1.12 bits per heavy atom. The highest BCUT2D eigenvalue weighted by atomic mass is 35.5. The molecule has 0 spiro atoms. The number of sulfonamides is 1. The van der Waals surface area contributed by atoms with Crippen molar-refractivity contribution in [2.24, 2.45) is 0 Å². The predicted octanol–water partition coefficient (Wildman–Crippen LogP) is 3.01. The Labute approximate surface area is 154 Å². The molecule has 0 aliphatic carbocycles. The summed E-state index contributed by atoms with van der Waals surface area (Å²) < 4.78 is 38.3. The van der Waals surface area contributed by atoms with Crippen LogP contribution in [0, 0.1) is 0 Å². The lowest BCUT2D eigenvalue weighted by atomic mass is 10.2. The third-order valence-electron chi connectivity index (χ3n) is 3.48. The molecule has 7 nitrogen and oxygen atoms in total. The maximum Gasteiger partial charge on any atom is 0.328 e. The highest BCUT2D eigenvalue weighted by Gasteiger charge is 2.20. The van der Waals surface area contributed by atoms with Gasteiger partial charge in [-0.3, -0.25) is 4.72 Å². The van der Waals surface area contributed by atoms with Gasteiger partial charge in [0, 0.05) is 18.2 Å². The van der Waals surface area contributed by atoms with Gasteiger partial charge < -0.3 is 14.6 Å². The molecule has 0 atom stereocenters. The number of carboxylic acid groups (broad SMARTS) is 1. The van der Waals surface area contributed by atoms with Crippen LogP contribution in [0.25, 0.3) is 6.08 Å². The van der Waals surface area contributed by atoms with Crippen molar-refractivity contribution in [1.82, 2.24) is 0 Å². The van der Waals surface area contributed by atoms with Gasteiger partial charge in [-0.05, 0) is 23.8 Å². The number of fused-ring (bicyclic) bond motifs is 1. The van der Waals surface area contributed by atoms with E-state index in [1.165, 1.54) is 42.5 Å². The molecule has 0 bridgehead atoms. The van der Waals surface area contributed by atoms with Gasteiger partial charge in [0.1, 0.15) is 13.2 Å². The summed E-state index contributed by atoms with van der Waals surface area (Å²) in [5.41, 5.74) is 0.731. The smallest absolute Gasteiger partial charge is 0.328 e. The summed E-state index contributed by atoms with van der Waals surface area (Å²) in [5, 5.41) is 8.79. The van der Waals surface area contributed by atoms with Crippen molar-refractivity contribution < 1.29 is 27.8 Å². The van der Waals surface area contributed by atoms with Crippen LogP contribution in [0.5, 0.6) is 11.5 Å². The first-order chi connectivity index (χ1) is 12.3. The summed E-state index contributed by atoms with van der Waals surface area (Å²) in [5.74, 6) is -0.220. The van der Waals surface area contributed by atoms with Gasteiger partial charge in [-0.2, -0.15) is 0 Å². The highest BCUT2D eigenvalue weighted by Crippen LogP contribution is 2.38. The number of carbonyl (C=O) groups is 1. The summed E-state index contributed by atoms with van der Waals surface area (Å²) in [6, 6.07) is 8.70. The van der Waals surface area contributed by atoms with Crippen molar-refractivity contribution in [2.45, 2.75) is 4.90 Å². The number of nitrogens with one attached hydrogen (secondary N) is 1. The third-order valence-corrected chi connectivity index (χ3v) is 5.18. The van der Waals surface area contributed by atoms with Crippen molar-refractivity contribution >= 4 is 39.4 Å². The Morgan fingerprint density at radius 2 is 1.73 bits per heavy atom. The summed E-state index contributed by atoms with van der Waals surface area (Å²) in [7, 11) is -3.88. The molecule has 1 aliphatic rings. The zero-order valence-corrected chi connectivity index (χ0v) is 14.9. The Morgan fingerprint density at radius 3 is 2.35 bits per heavy atom. The monoisotopic (exact) mass is 395 g/mol. The van der Waals surface area contributed by atoms with Gasteiger partial charge in [0.05, 0.1) is 15.6 Å². The minimum Gasteiger partial charge on any atom is -0.486 e. The van der Waals surface area contributed by atoms with Crippen molar-refractivity contribution in [3.63, 3.8) is 0 Å². The second kappa shape index (κ2) is 7.27. The molecule has 2 aromatic rings. The Bertz CT molecular complexity index is 969. The van der Waals surface area contributed by atoms with Gasteiger partial charge in [0.25, 0.3) is 10.0 Å². The van der Waals surface area contributed by atoms with E-state index in [1.54, 1.807) is 0 Å². The molecular formula is C17H14ClNO6S. The summed E-state index contributed by atoms with van der Waals surface area (Å²) in [6.07, 6.45) is 2.33. The van der Waals surface area contributed by atoms with E-state index < -0.39 is 16.0 Å². The zero-order valence-electron chi connectivity index (χ0n) is 13.3. The van der Waals surface area contributed by atoms with E-state index in [9.17, 15) is 13.2 Å². The standard InChI is InChI=1S/C17H14ClNO6S/c18-13-9-15-16(25-8-7-24-15)10-14(13)19-26(22,23)12-4-1-11(2-5-12)3-6-17(20)21/h1-6,9-10,19H,7-8H2,(H,20,21). The largest absolute Gasteiger partial charge is 0.486 e. The quantitative estimate of drug-likeness (QED) is 0.754. The van der Waals surface area contributed by atoms with E-state index in [4.69, 9.17) is 26.2 Å². The average Bonchev–Trinajstić information content (AvgIpc) is 2.61. The fourth-order valence-electron chi connectivity index (χ4n) is 2.27. The number of rotatable bonds is 5. The first kappa shape index (κ1) is 18.1. The van der Waals surface area contributed by atoms with Crippen LogP contribution in [-0.2, 0) is 14.8 Å². The Kier molecular flexibility index (Phi) is 5.06. The average molecular weight is 396 g/mol. The number of ether oxygens (including phenoxy) is 2. The van der Waals surface area contributed by atoms with Gasteiger partial charge in [-0.1, -0.05) is 23.7 Å². The minimum absolute atomic E-state index is 0.0101. The lowest BCUT2D eigenvalue weighted by molar-refractivity contribution is -0.131. The van der Waals surface area contributed by atoms with Gasteiger partial charge in [-0.25, -0.2) is 13.2 Å². The predicted molar refractivity (Wildman–Crippen MR) is 96.4 cm³/mol. The molecule has 0 aromatic heterocycles. The second-order valence-corrected chi connectivity index (χ2v) is 7.41. The minimum atomic E-state index is -3.88. The Balaban J connectivity index is 1.84. The van der Waals surface area contributed by atoms with Gasteiger partial charge in [0.2, 0.25) is 0 Å². The summed E-state index contributed by atoms with van der Waals surface area (Å²) in [6.45, 7) is 0.767. The van der Waals surface area contributed by atoms with Crippen LogP contribution < -0.4 is 14.2 Å². The molecule has 0 saturated heterocycles. The van der Waals surface area contributed by atoms with Gasteiger partial charge in [-0.15, -0.1) is 0 Å². The van der Waals surface area contributed by atoms with Crippen LogP contribution in [0.3, 0.4) is 0 Å². The number of anilines is 1.